The molecule has 15 heteroatoms. The monoisotopic (exact) mass is 608 g/mol. The number of alkyl halides is 3. The lowest BCUT2D eigenvalue weighted by molar-refractivity contribution is -0.135. The number of aliphatic carboxylic acids is 1. The molecule has 0 fully saturated rings. The second-order valence-corrected chi connectivity index (χ2v) is 15.9. The standard InChI is InChI=1S/C26H31F3N6O4SSi/c1-25(2,3)41(5,6)39-21(14-26(27,28)29)19-12-16(10-11-20(19)34(4)15-22(36)37)23(38)30-17-8-7-9-18(13-17)35-24(40)31-32-33-35/h7-14H,15H2,1-6H3,(H,30,38)(H,36,37)(H,31,33,40). The lowest BCUT2D eigenvalue weighted by atomic mass is 10.0. The van der Waals surface area contributed by atoms with Crippen LogP contribution in [0.4, 0.5) is 24.5 Å². The van der Waals surface area contributed by atoms with Crippen molar-refractivity contribution in [1.29, 1.82) is 0 Å². The van der Waals surface area contributed by atoms with Gasteiger partial charge in [-0.15, -0.1) is 0 Å². The Kier molecular flexibility index (Phi) is 9.13. The molecule has 0 atom stereocenters. The van der Waals surface area contributed by atoms with E-state index < -0.39 is 43.7 Å². The number of rotatable bonds is 9. The Balaban J connectivity index is 2.10. The van der Waals surface area contributed by atoms with Crippen molar-refractivity contribution in [2.24, 2.45) is 0 Å². The van der Waals surface area contributed by atoms with Crippen molar-refractivity contribution in [3.63, 3.8) is 0 Å². The number of allylic oxidation sites excluding steroid dienone is 1. The Labute approximate surface area is 240 Å². The Morgan fingerprint density at radius 1 is 1.20 bits per heavy atom. The van der Waals surface area contributed by atoms with Crippen LogP contribution in [0.15, 0.2) is 48.5 Å². The second kappa shape index (κ2) is 11.9. The van der Waals surface area contributed by atoms with E-state index in [9.17, 15) is 27.9 Å². The zero-order valence-electron chi connectivity index (χ0n) is 23.3. The minimum absolute atomic E-state index is 0.0320. The summed E-state index contributed by atoms with van der Waals surface area (Å²) in [6.07, 6.45) is -4.70. The van der Waals surface area contributed by atoms with Crippen LogP contribution in [0.2, 0.25) is 18.1 Å². The van der Waals surface area contributed by atoms with E-state index in [0.29, 0.717) is 11.4 Å². The van der Waals surface area contributed by atoms with Gasteiger partial charge in [0.2, 0.25) is 13.1 Å². The summed E-state index contributed by atoms with van der Waals surface area (Å²) in [6.45, 7) is 8.74. The summed E-state index contributed by atoms with van der Waals surface area (Å²) in [5, 5.41) is 21.6. The minimum Gasteiger partial charge on any atom is -0.543 e. The summed E-state index contributed by atoms with van der Waals surface area (Å²) in [4.78, 5) is 26.0. The predicted octanol–water partition coefficient (Wildman–Crippen LogP) is 6.02. The van der Waals surface area contributed by atoms with E-state index in [4.69, 9.17) is 16.6 Å². The van der Waals surface area contributed by atoms with Gasteiger partial charge in [0.25, 0.3) is 5.91 Å². The Hall–Kier alpha value is -3.98. The average molecular weight is 609 g/mol. The number of carbonyl (C=O) groups excluding carboxylic acids is 1. The van der Waals surface area contributed by atoms with Gasteiger partial charge in [-0.1, -0.05) is 37.1 Å². The molecule has 1 aromatic heterocycles. The highest BCUT2D eigenvalue weighted by Crippen LogP contribution is 2.42. The van der Waals surface area contributed by atoms with Crippen LogP contribution in [0.5, 0.6) is 0 Å². The number of amides is 1. The molecule has 220 valence electrons. The number of carbonyl (C=O) groups is 2. The fourth-order valence-electron chi connectivity index (χ4n) is 3.53. The van der Waals surface area contributed by atoms with Gasteiger partial charge in [0, 0.05) is 29.5 Å². The number of H-pyrrole nitrogens is 1. The van der Waals surface area contributed by atoms with Gasteiger partial charge in [0.05, 0.1) is 11.8 Å². The van der Waals surface area contributed by atoms with Crippen LogP contribution >= 0.6 is 12.2 Å². The lowest BCUT2D eigenvalue weighted by Gasteiger charge is -2.38. The molecule has 2 aromatic carbocycles. The fraction of sp³-hybridized carbons (Fsp3) is 0.346. The summed E-state index contributed by atoms with van der Waals surface area (Å²) in [5.74, 6) is -2.28. The Morgan fingerprint density at radius 3 is 2.44 bits per heavy atom. The highest BCUT2D eigenvalue weighted by Gasteiger charge is 2.41. The number of carboxylic acids is 1. The van der Waals surface area contributed by atoms with Crippen molar-refractivity contribution >= 4 is 49.5 Å². The molecule has 1 amide bonds. The van der Waals surface area contributed by atoms with Gasteiger partial charge in [0.1, 0.15) is 12.3 Å². The number of hydrogen-bond acceptors (Lipinski definition) is 7. The molecule has 3 N–H and O–H groups in total. The van der Waals surface area contributed by atoms with Gasteiger partial charge in [-0.05, 0) is 66.7 Å². The molecule has 10 nitrogen and oxygen atoms in total. The molecule has 3 rings (SSSR count). The van der Waals surface area contributed by atoms with Crippen LogP contribution in [0.25, 0.3) is 11.4 Å². The van der Waals surface area contributed by atoms with E-state index >= 15 is 0 Å². The maximum Gasteiger partial charge on any atom is 0.413 e. The second-order valence-electron chi connectivity index (χ2n) is 10.8. The number of nitrogens with one attached hydrogen (secondary N) is 2. The van der Waals surface area contributed by atoms with E-state index in [1.165, 1.54) is 34.8 Å². The first kappa shape index (κ1) is 31.5. The average Bonchev–Trinajstić information content (AvgIpc) is 3.27. The summed E-state index contributed by atoms with van der Waals surface area (Å²) in [6, 6.07) is 10.7. The molecular weight excluding hydrogens is 577 g/mol. The van der Waals surface area contributed by atoms with Gasteiger partial charge in [-0.25, -0.2) is 4.68 Å². The minimum atomic E-state index is -4.75. The third-order valence-electron chi connectivity index (χ3n) is 6.61. The molecule has 1 heterocycles. The first-order valence-corrected chi connectivity index (χ1v) is 15.7. The van der Waals surface area contributed by atoms with Crippen LogP contribution in [0.1, 0.15) is 36.7 Å². The number of carboxylic acid groups (broad SMARTS) is 1. The first-order chi connectivity index (χ1) is 18.9. The number of hydrogen-bond donors (Lipinski definition) is 3. The smallest absolute Gasteiger partial charge is 0.413 e. The zero-order chi connectivity index (χ0) is 30.8. The molecule has 0 aliphatic heterocycles. The van der Waals surface area contributed by atoms with Crippen LogP contribution < -0.4 is 10.2 Å². The molecule has 0 saturated heterocycles. The van der Waals surface area contributed by atoms with Crippen molar-refractivity contribution in [2.75, 3.05) is 23.8 Å². The van der Waals surface area contributed by atoms with Crippen LogP contribution in [0, 0.1) is 4.77 Å². The van der Waals surface area contributed by atoms with E-state index in [2.05, 4.69) is 20.8 Å². The summed E-state index contributed by atoms with van der Waals surface area (Å²) < 4.78 is 49.1. The number of aromatic amines is 1. The van der Waals surface area contributed by atoms with Crippen LogP contribution in [-0.2, 0) is 9.22 Å². The number of aromatic nitrogens is 4. The summed E-state index contributed by atoms with van der Waals surface area (Å²) >= 11 is 5.11. The van der Waals surface area contributed by atoms with Crippen LogP contribution in [-0.4, -0.2) is 65.3 Å². The topological polar surface area (TPSA) is 125 Å². The SMILES string of the molecule is CN(CC(=O)O)c1ccc(C(=O)Nc2cccc(-n3[nH]nnc3=S)c2)cc1C(=CC(F)(F)F)O[Si](C)(C)C(C)(C)C. The molecule has 0 saturated carbocycles. The van der Waals surface area contributed by atoms with E-state index in [-0.39, 0.29) is 27.7 Å². The number of tetrazole rings is 1. The lowest BCUT2D eigenvalue weighted by Crippen LogP contribution is -2.40. The number of benzene rings is 2. The van der Waals surface area contributed by atoms with Gasteiger partial charge in [-0.2, -0.15) is 18.4 Å². The summed E-state index contributed by atoms with van der Waals surface area (Å²) in [7, 11) is -1.38. The molecule has 3 aromatic rings. The third kappa shape index (κ3) is 8.04. The van der Waals surface area contributed by atoms with Crippen molar-refractivity contribution in [3.8, 4) is 5.69 Å². The van der Waals surface area contributed by atoms with Gasteiger partial charge in [0.15, 0.2) is 0 Å². The van der Waals surface area contributed by atoms with Crippen LogP contribution in [0.3, 0.4) is 0 Å². The number of halogens is 3. The van der Waals surface area contributed by atoms with Crippen molar-refractivity contribution in [2.45, 2.75) is 45.1 Å². The fourth-order valence-corrected chi connectivity index (χ4v) is 4.74. The normalized spacial score (nSPS) is 12.7. The molecular formula is C26H31F3N6O4SSi. The quantitative estimate of drug-likeness (QED) is 0.153. The van der Waals surface area contributed by atoms with Crippen molar-refractivity contribution in [1.82, 2.24) is 20.2 Å². The van der Waals surface area contributed by atoms with Gasteiger partial charge in [-0.3, -0.25) is 9.59 Å². The molecule has 0 aliphatic rings. The Bertz CT molecular complexity index is 1530. The molecule has 0 unspecified atom stereocenters. The number of nitrogens with zero attached hydrogens (tertiary/aromatic N) is 4. The zero-order valence-corrected chi connectivity index (χ0v) is 25.1. The van der Waals surface area contributed by atoms with Crippen molar-refractivity contribution < 1.29 is 32.3 Å². The first-order valence-electron chi connectivity index (χ1n) is 12.4. The Morgan fingerprint density at radius 2 is 1.88 bits per heavy atom. The van der Waals surface area contributed by atoms with Gasteiger partial charge < -0.3 is 19.7 Å². The van der Waals surface area contributed by atoms with E-state index in [1.54, 1.807) is 37.4 Å². The molecule has 0 spiro atoms. The highest BCUT2D eigenvalue weighted by atomic mass is 32.1. The third-order valence-corrected chi connectivity index (χ3v) is 11.2. The maximum absolute atomic E-state index is 13.8. The van der Waals surface area contributed by atoms with E-state index in [0.717, 1.165) is 0 Å². The molecule has 0 aliphatic carbocycles. The molecule has 0 radical (unpaired) electrons. The molecule has 41 heavy (non-hydrogen) atoms. The largest absolute Gasteiger partial charge is 0.543 e. The number of likely N-dealkylation sites (N-methyl/N-ethyl adjacent to an activating group) is 1. The van der Waals surface area contributed by atoms with Gasteiger partial charge >= 0.3 is 12.1 Å². The molecule has 0 bridgehead atoms. The summed E-state index contributed by atoms with van der Waals surface area (Å²) in [5.41, 5.74) is 1.04. The predicted molar refractivity (Wildman–Crippen MR) is 154 cm³/mol. The highest BCUT2D eigenvalue weighted by molar-refractivity contribution is 7.71. The number of anilines is 2. The van der Waals surface area contributed by atoms with E-state index in [1.807, 2.05) is 20.8 Å². The van der Waals surface area contributed by atoms with Crippen molar-refractivity contribution in [3.05, 3.63) is 64.4 Å². The maximum atomic E-state index is 13.8.